The molecule has 0 radical (unpaired) electrons. The number of hydrogen-bond donors (Lipinski definition) is 2. The van der Waals surface area contributed by atoms with Crippen molar-refractivity contribution in [3.63, 3.8) is 0 Å². The Morgan fingerprint density at radius 2 is 1.71 bits per heavy atom. The summed E-state index contributed by atoms with van der Waals surface area (Å²) < 4.78 is 0.932. The molecular weight excluding hydrogens is 332 g/mol. The highest BCUT2D eigenvalue weighted by Gasteiger charge is 2.06. The van der Waals surface area contributed by atoms with E-state index in [1.54, 1.807) is 12.1 Å². The average Bonchev–Trinajstić information content (AvgIpc) is 2.47. The highest BCUT2D eigenvalue weighted by atomic mass is 79.9. The van der Waals surface area contributed by atoms with Crippen LogP contribution in [0.5, 0.6) is 0 Å². The maximum absolute atomic E-state index is 11.8. The molecule has 0 atom stereocenters. The number of nitrogens with one attached hydrogen (secondary N) is 2. The van der Waals surface area contributed by atoms with Crippen molar-refractivity contribution in [1.82, 2.24) is 10.6 Å². The normalized spacial score (nSPS) is 10.2. The maximum Gasteiger partial charge on any atom is 0.251 e. The van der Waals surface area contributed by atoms with Crippen molar-refractivity contribution in [2.75, 3.05) is 13.1 Å². The highest BCUT2D eigenvalue weighted by Crippen LogP contribution is 2.10. The van der Waals surface area contributed by atoms with E-state index >= 15 is 0 Å². The molecule has 116 valence electrons. The molecule has 0 unspecified atom stereocenters. The highest BCUT2D eigenvalue weighted by molar-refractivity contribution is 9.10. The second-order valence-electron chi connectivity index (χ2n) is 4.92. The summed E-state index contributed by atoms with van der Waals surface area (Å²) in [5.74, 6) is -0.166. The van der Waals surface area contributed by atoms with E-state index in [2.05, 4.69) is 33.5 Å². The van der Waals surface area contributed by atoms with Crippen LogP contribution in [-0.2, 0) is 4.79 Å². The minimum absolute atomic E-state index is 0.0115. The number of benzene rings is 1. The number of unbranched alkanes of at least 4 members (excludes halogenated alkanes) is 3. The Morgan fingerprint density at radius 1 is 1.00 bits per heavy atom. The van der Waals surface area contributed by atoms with E-state index in [1.165, 1.54) is 12.8 Å². The standard InChI is InChI=1S/C16H23BrN2O2/c1-2-3-4-5-11-18-15(20)10-12-19-16(21)13-6-8-14(17)9-7-13/h6-9H,2-5,10-12H2,1H3,(H,18,20)(H,19,21). The first-order valence-corrected chi connectivity index (χ1v) is 8.23. The molecular formula is C16H23BrN2O2. The maximum atomic E-state index is 11.8. The van der Waals surface area contributed by atoms with Crippen LogP contribution in [0, 0.1) is 0 Å². The minimum atomic E-state index is -0.154. The Kier molecular flexibility index (Phi) is 8.74. The Hall–Kier alpha value is -1.36. The van der Waals surface area contributed by atoms with Gasteiger partial charge in [0.05, 0.1) is 0 Å². The summed E-state index contributed by atoms with van der Waals surface area (Å²) in [6.07, 6.45) is 4.88. The number of amides is 2. The third-order valence-electron chi connectivity index (χ3n) is 3.10. The SMILES string of the molecule is CCCCCCNC(=O)CCNC(=O)c1ccc(Br)cc1. The van der Waals surface area contributed by atoms with Gasteiger partial charge in [0.25, 0.3) is 5.91 Å². The zero-order valence-corrected chi connectivity index (χ0v) is 14.0. The van der Waals surface area contributed by atoms with Gasteiger partial charge in [-0.05, 0) is 30.7 Å². The first-order chi connectivity index (χ1) is 10.1. The fourth-order valence-electron chi connectivity index (χ4n) is 1.86. The largest absolute Gasteiger partial charge is 0.356 e. The van der Waals surface area contributed by atoms with Gasteiger partial charge in [-0.25, -0.2) is 0 Å². The minimum Gasteiger partial charge on any atom is -0.356 e. The van der Waals surface area contributed by atoms with Crippen LogP contribution in [0.25, 0.3) is 0 Å². The van der Waals surface area contributed by atoms with Crippen LogP contribution < -0.4 is 10.6 Å². The van der Waals surface area contributed by atoms with Crippen molar-refractivity contribution in [2.24, 2.45) is 0 Å². The van der Waals surface area contributed by atoms with Crippen molar-refractivity contribution >= 4 is 27.7 Å². The topological polar surface area (TPSA) is 58.2 Å². The molecule has 0 fully saturated rings. The van der Waals surface area contributed by atoms with Gasteiger partial charge in [-0.3, -0.25) is 9.59 Å². The molecule has 0 aromatic heterocycles. The van der Waals surface area contributed by atoms with Crippen LogP contribution in [0.4, 0.5) is 0 Å². The number of rotatable bonds is 9. The lowest BCUT2D eigenvalue weighted by Crippen LogP contribution is -2.31. The molecule has 2 N–H and O–H groups in total. The number of halogens is 1. The summed E-state index contributed by atoms with van der Waals surface area (Å²) in [4.78, 5) is 23.4. The molecule has 1 rings (SSSR count). The third-order valence-corrected chi connectivity index (χ3v) is 3.63. The zero-order valence-electron chi connectivity index (χ0n) is 12.5. The van der Waals surface area contributed by atoms with E-state index < -0.39 is 0 Å². The molecule has 0 saturated carbocycles. The van der Waals surface area contributed by atoms with Gasteiger partial charge >= 0.3 is 0 Å². The van der Waals surface area contributed by atoms with Crippen LogP contribution in [0.15, 0.2) is 28.7 Å². The van der Waals surface area contributed by atoms with Crippen molar-refractivity contribution < 1.29 is 9.59 Å². The smallest absolute Gasteiger partial charge is 0.251 e. The van der Waals surface area contributed by atoms with E-state index in [1.807, 2.05) is 12.1 Å². The molecule has 1 aromatic rings. The molecule has 0 aliphatic rings. The number of hydrogen-bond acceptors (Lipinski definition) is 2. The fourth-order valence-corrected chi connectivity index (χ4v) is 2.13. The van der Waals surface area contributed by atoms with Gasteiger partial charge in [-0.2, -0.15) is 0 Å². The van der Waals surface area contributed by atoms with Gasteiger partial charge < -0.3 is 10.6 Å². The van der Waals surface area contributed by atoms with E-state index in [0.29, 0.717) is 18.5 Å². The molecule has 0 spiro atoms. The van der Waals surface area contributed by atoms with E-state index in [4.69, 9.17) is 0 Å². The van der Waals surface area contributed by atoms with Crippen LogP contribution >= 0.6 is 15.9 Å². The molecule has 1 aromatic carbocycles. The molecule has 0 bridgehead atoms. The van der Waals surface area contributed by atoms with E-state index in [-0.39, 0.29) is 11.8 Å². The van der Waals surface area contributed by atoms with E-state index in [9.17, 15) is 9.59 Å². The molecule has 21 heavy (non-hydrogen) atoms. The lowest BCUT2D eigenvalue weighted by molar-refractivity contribution is -0.120. The van der Waals surface area contributed by atoms with Crippen molar-refractivity contribution in [3.05, 3.63) is 34.3 Å². The second-order valence-corrected chi connectivity index (χ2v) is 5.84. The van der Waals surface area contributed by atoms with Crippen molar-refractivity contribution in [2.45, 2.75) is 39.0 Å². The Morgan fingerprint density at radius 3 is 2.38 bits per heavy atom. The first kappa shape index (κ1) is 17.7. The quantitative estimate of drug-likeness (QED) is 0.668. The van der Waals surface area contributed by atoms with Crippen LogP contribution in [0.2, 0.25) is 0 Å². The Bertz CT molecular complexity index is 446. The van der Waals surface area contributed by atoms with Gasteiger partial charge in [0.1, 0.15) is 0 Å². The Labute approximate surface area is 134 Å². The second kappa shape index (κ2) is 10.4. The lowest BCUT2D eigenvalue weighted by atomic mass is 10.2. The molecule has 0 heterocycles. The van der Waals surface area contributed by atoms with Crippen LogP contribution in [0.1, 0.15) is 49.4 Å². The summed E-state index contributed by atoms with van der Waals surface area (Å²) in [5, 5.41) is 5.61. The predicted octanol–water partition coefficient (Wildman–Crippen LogP) is 3.27. The van der Waals surface area contributed by atoms with Gasteiger partial charge in [0, 0.05) is 29.5 Å². The van der Waals surface area contributed by atoms with Gasteiger partial charge in [-0.15, -0.1) is 0 Å². The zero-order chi connectivity index (χ0) is 15.5. The molecule has 0 aliphatic heterocycles. The van der Waals surface area contributed by atoms with Crippen LogP contribution in [0.3, 0.4) is 0 Å². The molecule has 0 aliphatic carbocycles. The predicted molar refractivity (Wildman–Crippen MR) is 88.2 cm³/mol. The number of carbonyl (C=O) groups excluding carboxylic acids is 2. The van der Waals surface area contributed by atoms with Gasteiger partial charge in [0.2, 0.25) is 5.91 Å². The van der Waals surface area contributed by atoms with Crippen LogP contribution in [-0.4, -0.2) is 24.9 Å². The molecule has 2 amide bonds. The summed E-state index contributed by atoms with van der Waals surface area (Å²) in [6, 6.07) is 7.12. The van der Waals surface area contributed by atoms with E-state index in [0.717, 1.165) is 23.9 Å². The van der Waals surface area contributed by atoms with Gasteiger partial charge in [0.15, 0.2) is 0 Å². The molecule has 0 saturated heterocycles. The van der Waals surface area contributed by atoms with Crippen molar-refractivity contribution in [1.29, 1.82) is 0 Å². The number of carbonyl (C=O) groups is 2. The first-order valence-electron chi connectivity index (χ1n) is 7.44. The fraction of sp³-hybridized carbons (Fsp3) is 0.500. The third kappa shape index (κ3) is 7.85. The summed E-state index contributed by atoms with van der Waals surface area (Å²) >= 11 is 3.32. The molecule has 5 heteroatoms. The molecule has 4 nitrogen and oxygen atoms in total. The van der Waals surface area contributed by atoms with Crippen molar-refractivity contribution in [3.8, 4) is 0 Å². The summed E-state index contributed by atoms with van der Waals surface area (Å²) in [6.45, 7) is 3.24. The Balaban J connectivity index is 2.13. The monoisotopic (exact) mass is 354 g/mol. The summed E-state index contributed by atoms with van der Waals surface area (Å²) in [5.41, 5.74) is 0.596. The van der Waals surface area contributed by atoms with Gasteiger partial charge in [-0.1, -0.05) is 42.1 Å². The average molecular weight is 355 g/mol. The summed E-state index contributed by atoms with van der Waals surface area (Å²) in [7, 11) is 0. The lowest BCUT2D eigenvalue weighted by Gasteiger charge is -2.07.